The summed E-state index contributed by atoms with van der Waals surface area (Å²) < 4.78 is 0. The summed E-state index contributed by atoms with van der Waals surface area (Å²) in [5.74, 6) is 1.51. The van der Waals surface area contributed by atoms with E-state index in [1.165, 1.54) is 15.8 Å². The van der Waals surface area contributed by atoms with Gasteiger partial charge in [0.15, 0.2) is 0 Å². The molecule has 0 aromatic carbocycles. The minimum atomic E-state index is 0.377. The van der Waals surface area contributed by atoms with Crippen LogP contribution in [0.15, 0.2) is 6.33 Å². The molecule has 1 N–H and O–H groups in total. The molecule has 2 atom stereocenters. The van der Waals surface area contributed by atoms with E-state index in [1.54, 1.807) is 17.7 Å². The highest BCUT2D eigenvalue weighted by Crippen LogP contribution is 2.33. The van der Waals surface area contributed by atoms with Crippen LogP contribution in [0.1, 0.15) is 24.3 Å². The van der Waals surface area contributed by atoms with Crippen LogP contribution >= 0.6 is 27.3 Å². The van der Waals surface area contributed by atoms with E-state index in [0.717, 1.165) is 16.0 Å². The average molecular weight is 328 g/mol. The van der Waals surface area contributed by atoms with Crippen molar-refractivity contribution in [2.45, 2.75) is 33.7 Å². The molecule has 0 aliphatic heterocycles. The Morgan fingerprint density at radius 1 is 1.33 bits per heavy atom. The van der Waals surface area contributed by atoms with Gasteiger partial charge < -0.3 is 5.32 Å². The molecule has 2 unspecified atom stereocenters. The van der Waals surface area contributed by atoms with Gasteiger partial charge in [-0.1, -0.05) is 22.9 Å². The molecule has 0 saturated heterocycles. The number of thiophene rings is 1. The zero-order chi connectivity index (χ0) is 13.3. The molecule has 0 aliphatic carbocycles. The number of nitrogens with zero attached hydrogens (tertiary/aromatic N) is 2. The number of anilines is 1. The zero-order valence-electron chi connectivity index (χ0n) is 11.1. The summed E-state index contributed by atoms with van der Waals surface area (Å²) in [6, 6.07) is 0.377. The van der Waals surface area contributed by atoms with Gasteiger partial charge in [0.05, 0.1) is 5.39 Å². The number of alkyl halides is 1. The lowest BCUT2D eigenvalue weighted by molar-refractivity contribution is 0.571. The molecule has 0 saturated carbocycles. The van der Waals surface area contributed by atoms with Gasteiger partial charge in [-0.25, -0.2) is 9.97 Å². The van der Waals surface area contributed by atoms with Crippen LogP contribution in [-0.4, -0.2) is 21.3 Å². The first kappa shape index (κ1) is 13.7. The quantitative estimate of drug-likeness (QED) is 0.857. The van der Waals surface area contributed by atoms with Crippen molar-refractivity contribution in [1.82, 2.24) is 9.97 Å². The standard InChI is InChI=1S/C13H18BrN3S/c1-7(5-14)9(3)17-12-11-8(2)10(4)18-13(11)16-6-15-12/h6-7,9H,5H2,1-4H3,(H,15,16,17). The maximum absolute atomic E-state index is 4.41. The van der Waals surface area contributed by atoms with Crippen molar-refractivity contribution in [3.05, 3.63) is 16.8 Å². The van der Waals surface area contributed by atoms with E-state index in [9.17, 15) is 0 Å². The van der Waals surface area contributed by atoms with Crippen LogP contribution in [-0.2, 0) is 0 Å². The van der Waals surface area contributed by atoms with E-state index in [1.807, 2.05) is 0 Å². The minimum absolute atomic E-state index is 0.377. The van der Waals surface area contributed by atoms with Crippen LogP contribution < -0.4 is 5.32 Å². The molecule has 2 rings (SSSR count). The van der Waals surface area contributed by atoms with E-state index in [-0.39, 0.29) is 0 Å². The monoisotopic (exact) mass is 327 g/mol. The second-order valence-corrected chi connectivity index (χ2v) is 6.60. The van der Waals surface area contributed by atoms with Gasteiger partial charge in [0.2, 0.25) is 0 Å². The topological polar surface area (TPSA) is 37.8 Å². The third-order valence-electron chi connectivity index (χ3n) is 3.43. The largest absolute Gasteiger partial charge is 0.367 e. The third kappa shape index (κ3) is 2.52. The van der Waals surface area contributed by atoms with E-state index >= 15 is 0 Å². The molecule has 0 bridgehead atoms. The summed E-state index contributed by atoms with van der Waals surface area (Å²) in [5, 5.41) is 5.67. The van der Waals surface area contributed by atoms with E-state index < -0.39 is 0 Å². The van der Waals surface area contributed by atoms with Crippen LogP contribution in [0.3, 0.4) is 0 Å². The van der Waals surface area contributed by atoms with Gasteiger partial charge in [0, 0.05) is 16.2 Å². The van der Waals surface area contributed by atoms with Crippen LogP contribution in [0.25, 0.3) is 10.2 Å². The molecular formula is C13H18BrN3S. The van der Waals surface area contributed by atoms with E-state index in [0.29, 0.717) is 12.0 Å². The summed E-state index contributed by atoms with van der Waals surface area (Å²) in [6.45, 7) is 8.68. The second kappa shape index (κ2) is 5.53. The first-order chi connectivity index (χ1) is 8.54. The SMILES string of the molecule is Cc1sc2ncnc(NC(C)C(C)CBr)c2c1C. The summed E-state index contributed by atoms with van der Waals surface area (Å²) in [4.78, 5) is 11.1. The zero-order valence-corrected chi connectivity index (χ0v) is 13.5. The molecule has 0 radical (unpaired) electrons. The summed E-state index contributed by atoms with van der Waals surface area (Å²) >= 11 is 5.26. The van der Waals surface area contributed by atoms with E-state index in [2.05, 4.69) is 58.9 Å². The van der Waals surface area contributed by atoms with Crippen molar-refractivity contribution >= 4 is 43.3 Å². The number of fused-ring (bicyclic) bond motifs is 1. The van der Waals surface area contributed by atoms with Gasteiger partial charge in [0.25, 0.3) is 0 Å². The van der Waals surface area contributed by atoms with Crippen molar-refractivity contribution < 1.29 is 0 Å². The second-order valence-electron chi connectivity index (χ2n) is 4.75. The van der Waals surface area contributed by atoms with Crippen LogP contribution in [0.4, 0.5) is 5.82 Å². The molecule has 3 nitrogen and oxygen atoms in total. The van der Waals surface area contributed by atoms with Gasteiger partial charge >= 0.3 is 0 Å². The maximum atomic E-state index is 4.41. The molecule has 2 heterocycles. The molecule has 5 heteroatoms. The molecule has 0 amide bonds. The first-order valence-corrected chi connectivity index (χ1v) is 8.01. The minimum Gasteiger partial charge on any atom is -0.367 e. The molecule has 0 spiro atoms. The highest BCUT2D eigenvalue weighted by molar-refractivity contribution is 9.09. The normalized spacial score (nSPS) is 14.7. The Balaban J connectivity index is 2.39. The van der Waals surface area contributed by atoms with E-state index in [4.69, 9.17) is 0 Å². The molecule has 0 fully saturated rings. The number of hydrogen-bond acceptors (Lipinski definition) is 4. The van der Waals surface area contributed by atoms with Crippen molar-refractivity contribution in [2.75, 3.05) is 10.6 Å². The maximum Gasteiger partial charge on any atom is 0.138 e. The Morgan fingerprint density at radius 3 is 2.72 bits per heavy atom. The molecule has 0 aliphatic rings. The Morgan fingerprint density at radius 2 is 2.06 bits per heavy atom. The fraction of sp³-hybridized carbons (Fsp3) is 0.538. The van der Waals surface area contributed by atoms with Gasteiger partial charge in [-0.2, -0.15) is 0 Å². The summed E-state index contributed by atoms with van der Waals surface area (Å²) in [5.41, 5.74) is 1.29. The molecular weight excluding hydrogens is 310 g/mol. The number of nitrogens with one attached hydrogen (secondary N) is 1. The first-order valence-electron chi connectivity index (χ1n) is 6.07. The number of aromatic nitrogens is 2. The molecule has 98 valence electrons. The van der Waals surface area contributed by atoms with Gasteiger partial charge in [-0.05, 0) is 32.3 Å². The average Bonchev–Trinajstić information content (AvgIpc) is 2.65. The Labute approximate surface area is 120 Å². The van der Waals surface area contributed by atoms with Crippen LogP contribution in [0.2, 0.25) is 0 Å². The van der Waals surface area contributed by atoms with Crippen LogP contribution in [0.5, 0.6) is 0 Å². The predicted octanol–water partition coefficient (Wildman–Crippen LogP) is 4.14. The van der Waals surface area contributed by atoms with Gasteiger partial charge in [0.1, 0.15) is 17.0 Å². The smallest absolute Gasteiger partial charge is 0.138 e. The molecule has 2 aromatic rings. The Kier molecular flexibility index (Phi) is 4.22. The van der Waals surface area contributed by atoms with Crippen LogP contribution in [0, 0.1) is 19.8 Å². The number of aryl methyl sites for hydroxylation is 2. The number of rotatable bonds is 4. The van der Waals surface area contributed by atoms with Crippen molar-refractivity contribution in [3.63, 3.8) is 0 Å². The van der Waals surface area contributed by atoms with Crippen molar-refractivity contribution in [1.29, 1.82) is 0 Å². The number of hydrogen-bond donors (Lipinski definition) is 1. The number of halogens is 1. The Bertz CT molecular complexity index is 552. The fourth-order valence-electron chi connectivity index (χ4n) is 1.78. The molecule has 2 aromatic heterocycles. The third-order valence-corrected chi connectivity index (χ3v) is 5.56. The lowest BCUT2D eigenvalue weighted by atomic mass is 10.1. The van der Waals surface area contributed by atoms with Crippen molar-refractivity contribution in [2.24, 2.45) is 5.92 Å². The van der Waals surface area contributed by atoms with Crippen molar-refractivity contribution in [3.8, 4) is 0 Å². The van der Waals surface area contributed by atoms with Gasteiger partial charge in [-0.15, -0.1) is 11.3 Å². The van der Waals surface area contributed by atoms with Gasteiger partial charge in [-0.3, -0.25) is 0 Å². The fourth-order valence-corrected chi connectivity index (χ4v) is 3.34. The molecule has 18 heavy (non-hydrogen) atoms. The Hall–Kier alpha value is -0.680. The predicted molar refractivity (Wildman–Crippen MR) is 82.9 cm³/mol. The summed E-state index contributed by atoms with van der Waals surface area (Å²) in [6.07, 6.45) is 1.64. The highest BCUT2D eigenvalue weighted by atomic mass is 79.9. The summed E-state index contributed by atoms with van der Waals surface area (Å²) in [7, 11) is 0. The highest BCUT2D eigenvalue weighted by Gasteiger charge is 2.16. The lowest BCUT2D eigenvalue weighted by Crippen LogP contribution is -2.25. The lowest BCUT2D eigenvalue weighted by Gasteiger charge is -2.20.